The Kier molecular flexibility index (Phi) is 8.38. The van der Waals surface area contributed by atoms with Crippen LogP contribution >= 0.6 is 0 Å². The summed E-state index contributed by atoms with van der Waals surface area (Å²) in [7, 11) is 0. The van der Waals surface area contributed by atoms with Crippen molar-refractivity contribution in [3.05, 3.63) is 53.1 Å². The minimum Gasteiger partial charge on any atom is -0.507 e. The average Bonchev–Trinajstić information content (AvgIpc) is 2.93. The van der Waals surface area contributed by atoms with Crippen molar-refractivity contribution in [3.8, 4) is 16.9 Å². The van der Waals surface area contributed by atoms with Gasteiger partial charge in [0.1, 0.15) is 23.2 Å². The highest BCUT2D eigenvalue weighted by Gasteiger charge is 2.76. The monoisotopic (exact) mass is 628 g/mol. The van der Waals surface area contributed by atoms with Gasteiger partial charge < -0.3 is 10.2 Å². The first-order chi connectivity index (χ1) is 21.4. The Balaban J connectivity index is 1.58. The number of hydrogen-bond acceptors (Lipinski definition) is 8. The van der Waals surface area contributed by atoms with E-state index in [9.17, 15) is 39.0 Å². The molecule has 0 heterocycles. The Labute approximate surface area is 270 Å². The average molecular weight is 629 g/mol. The number of fused-ring (bicyclic) bond motifs is 3. The summed E-state index contributed by atoms with van der Waals surface area (Å²) >= 11 is 0. The zero-order chi connectivity index (χ0) is 34.1. The van der Waals surface area contributed by atoms with Crippen LogP contribution in [0.4, 0.5) is 0 Å². The summed E-state index contributed by atoms with van der Waals surface area (Å²) in [5.41, 5.74) is -2.35. The van der Waals surface area contributed by atoms with Crippen LogP contribution in [0.5, 0.6) is 5.75 Å². The van der Waals surface area contributed by atoms with E-state index in [1.807, 2.05) is 38.1 Å². The van der Waals surface area contributed by atoms with Crippen molar-refractivity contribution in [2.24, 2.45) is 40.4 Å². The summed E-state index contributed by atoms with van der Waals surface area (Å²) in [5.74, 6) is -8.58. The van der Waals surface area contributed by atoms with E-state index in [0.29, 0.717) is 36.3 Å². The van der Waals surface area contributed by atoms with Gasteiger partial charge in [-0.05, 0) is 71.8 Å². The highest BCUT2D eigenvalue weighted by atomic mass is 16.3. The van der Waals surface area contributed by atoms with E-state index < -0.39 is 69.0 Å². The van der Waals surface area contributed by atoms with Crippen molar-refractivity contribution in [1.82, 2.24) is 0 Å². The van der Waals surface area contributed by atoms with Crippen LogP contribution in [0.25, 0.3) is 11.1 Å². The standard InChI is InChI=1S/C38H44O8/c1-19(2)16-24(40)13-10-22-8-11-23(12-9-22)25-14-15-27(41)29-26(25)17-36(6)18-37(7)30(20(3)4)32(42)28(21(5)39)34(44)38(37,46)35(45)31(36)33(29)43/h8-9,11-12,14-15,19-20,28,30-31,41,46H,10,13,16-18H2,1-7H3/t28?,30?,31?,36-,37-,38+/m1/s1. The van der Waals surface area contributed by atoms with Crippen molar-refractivity contribution in [2.75, 3.05) is 0 Å². The maximum atomic E-state index is 14.5. The van der Waals surface area contributed by atoms with Crippen LogP contribution in [0.2, 0.25) is 0 Å². The zero-order valence-corrected chi connectivity index (χ0v) is 27.7. The van der Waals surface area contributed by atoms with E-state index >= 15 is 0 Å². The molecule has 0 radical (unpaired) electrons. The Hall–Kier alpha value is -3.78. The van der Waals surface area contributed by atoms with Gasteiger partial charge >= 0.3 is 0 Å². The molecule has 6 atom stereocenters. The number of carbonyl (C=O) groups excluding carboxylic acids is 6. The van der Waals surface area contributed by atoms with Crippen molar-refractivity contribution >= 4 is 34.7 Å². The molecule has 2 N–H and O–H groups in total. The lowest BCUT2D eigenvalue weighted by atomic mass is 9.40. The molecule has 0 amide bonds. The van der Waals surface area contributed by atoms with Crippen LogP contribution in [-0.2, 0) is 36.8 Å². The number of Topliss-reactive ketones (excluding diaryl/α,β-unsaturated/α-hetero) is 6. The molecule has 46 heavy (non-hydrogen) atoms. The van der Waals surface area contributed by atoms with Crippen LogP contribution in [0, 0.1) is 40.4 Å². The van der Waals surface area contributed by atoms with Crippen LogP contribution in [0.1, 0.15) is 89.2 Å². The Morgan fingerprint density at radius 1 is 0.935 bits per heavy atom. The molecule has 8 heteroatoms. The summed E-state index contributed by atoms with van der Waals surface area (Å²) in [5, 5.41) is 23.1. The number of rotatable bonds is 8. The molecule has 2 aromatic rings. The molecule has 0 spiro atoms. The highest BCUT2D eigenvalue weighted by molar-refractivity contribution is 6.32. The summed E-state index contributed by atoms with van der Waals surface area (Å²) in [4.78, 5) is 81.1. The van der Waals surface area contributed by atoms with Gasteiger partial charge in [-0.3, -0.25) is 28.8 Å². The second-order valence-corrected chi connectivity index (χ2v) is 15.1. The fraction of sp³-hybridized carbons (Fsp3) is 0.526. The predicted molar refractivity (Wildman–Crippen MR) is 171 cm³/mol. The lowest BCUT2D eigenvalue weighted by molar-refractivity contribution is -0.205. The van der Waals surface area contributed by atoms with Gasteiger partial charge in [-0.2, -0.15) is 0 Å². The SMILES string of the molecule is CC(=O)C1C(=O)C(C(C)C)[C@@]2(C)C[C@@]3(C)Cc4c(-c5ccc(CCC(=O)CC(C)C)cc5)ccc(O)c4C(=O)C3C(=O)[C@@]2(O)C1=O. The topological polar surface area (TPSA) is 143 Å². The van der Waals surface area contributed by atoms with E-state index in [4.69, 9.17) is 0 Å². The number of aryl methyl sites for hydroxylation is 1. The largest absolute Gasteiger partial charge is 0.507 e. The molecule has 0 saturated heterocycles. The third-order valence-electron chi connectivity index (χ3n) is 10.9. The van der Waals surface area contributed by atoms with Crippen LogP contribution in [0.3, 0.4) is 0 Å². The third kappa shape index (κ3) is 4.91. The molecular formula is C38H44O8. The Bertz CT molecular complexity index is 1670. The summed E-state index contributed by atoms with van der Waals surface area (Å²) in [6.45, 7) is 12.0. The smallest absolute Gasteiger partial charge is 0.190 e. The van der Waals surface area contributed by atoms with E-state index in [1.165, 1.54) is 6.07 Å². The molecule has 5 rings (SSSR count). The number of hydrogen-bond donors (Lipinski definition) is 2. The first kappa shape index (κ1) is 33.6. The van der Waals surface area contributed by atoms with Crippen molar-refractivity contribution in [3.63, 3.8) is 0 Å². The van der Waals surface area contributed by atoms with Gasteiger partial charge in [-0.1, -0.05) is 71.9 Å². The lowest BCUT2D eigenvalue weighted by Gasteiger charge is -2.61. The molecular weight excluding hydrogens is 584 g/mol. The maximum Gasteiger partial charge on any atom is 0.190 e. The van der Waals surface area contributed by atoms with E-state index in [0.717, 1.165) is 18.1 Å². The highest BCUT2D eigenvalue weighted by Crippen LogP contribution is 2.64. The molecule has 3 aliphatic rings. The summed E-state index contributed by atoms with van der Waals surface area (Å²) in [6.07, 6.45) is 1.79. The first-order valence-corrected chi connectivity index (χ1v) is 16.2. The fourth-order valence-electron chi connectivity index (χ4n) is 9.10. The number of aliphatic hydroxyl groups is 1. The number of carbonyl (C=O) groups is 6. The van der Waals surface area contributed by atoms with Crippen LogP contribution in [-0.4, -0.2) is 50.5 Å². The van der Waals surface area contributed by atoms with Crippen LogP contribution in [0.15, 0.2) is 36.4 Å². The Morgan fingerprint density at radius 3 is 2.13 bits per heavy atom. The first-order valence-electron chi connectivity index (χ1n) is 16.2. The van der Waals surface area contributed by atoms with Crippen molar-refractivity contribution < 1.29 is 39.0 Å². The predicted octanol–water partition coefficient (Wildman–Crippen LogP) is 5.31. The lowest BCUT2D eigenvalue weighted by Crippen LogP contribution is -2.76. The second kappa shape index (κ2) is 11.5. The molecule has 3 unspecified atom stereocenters. The second-order valence-electron chi connectivity index (χ2n) is 15.1. The molecule has 8 nitrogen and oxygen atoms in total. The van der Waals surface area contributed by atoms with Gasteiger partial charge in [0.05, 0.1) is 11.5 Å². The number of aromatic hydroxyl groups is 1. The molecule has 244 valence electrons. The molecule has 0 bridgehead atoms. The Morgan fingerprint density at radius 2 is 1.57 bits per heavy atom. The normalized spacial score (nSPS) is 30.7. The van der Waals surface area contributed by atoms with Gasteiger partial charge in [-0.25, -0.2) is 0 Å². The minimum atomic E-state index is -2.72. The molecule has 2 aromatic carbocycles. The number of ketones is 6. The molecule has 0 aliphatic heterocycles. The van der Waals surface area contributed by atoms with Crippen molar-refractivity contribution in [1.29, 1.82) is 0 Å². The third-order valence-corrected chi connectivity index (χ3v) is 10.9. The zero-order valence-electron chi connectivity index (χ0n) is 27.7. The van der Waals surface area contributed by atoms with Gasteiger partial charge in [0.2, 0.25) is 0 Å². The van der Waals surface area contributed by atoms with E-state index in [1.54, 1.807) is 33.8 Å². The number of phenolic OH excluding ortho intramolecular Hbond substituents is 1. The quantitative estimate of drug-likeness (QED) is 0.375. The van der Waals surface area contributed by atoms with Gasteiger partial charge in [0.15, 0.2) is 28.7 Å². The molecule has 3 aliphatic carbocycles. The van der Waals surface area contributed by atoms with Gasteiger partial charge in [0.25, 0.3) is 0 Å². The number of phenols is 1. The molecule has 2 saturated carbocycles. The summed E-state index contributed by atoms with van der Waals surface area (Å²) in [6, 6.07) is 10.8. The summed E-state index contributed by atoms with van der Waals surface area (Å²) < 4.78 is 0. The minimum absolute atomic E-state index is 0.00147. The van der Waals surface area contributed by atoms with Gasteiger partial charge in [-0.15, -0.1) is 0 Å². The fourth-order valence-corrected chi connectivity index (χ4v) is 9.10. The number of benzene rings is 2. The molecule has 0 aromatic heterocycles. The van der Waals surface area contributed by atoms with E-state index in [2.05, 4.69) is 0 Å². The molecule has 2 fully saturated rings. The van der Waals surface area contributed by atoms with Crippen molar-refractivity contribution in [2.45, 2.75) is 86.2 Å². The van der Waals surface area contributed by atoms with Crippen LogP contribution < -0.4 is 0 Å². The van der Waals surface area contributed by atoms with E-state index in [-0.39, 0.29) is 29.9 Å². The van der Waals surface area contributed by atoms with Gasteiger partial charge in [0, 0.05) is 24.2 Å². The maximum absolute atomic E-state index is 14.5.